The Morgan fingerprint density at radius 2 is 1.88 bits per heavy atom. The third-order valence-electron chi connectivity index (χ3n) is 3.89. The topological polar surface area (TPSA) is 71.4 Å². The molecule has 1 amide bonds. The van der Waals surface area contributed by atoms with Crippen molar-refractivity contribution >= 4 is 12.0 Å². The van der Waals surface area contributed by atoms with Crippen LogP contribution in [0, 0.1) is 11.3 Å². The van der Waals surface area contributed by atoms with E-state index < -0.39 is 5.91 Å². The molecule has 1 aliphatic rings. The van der Waals surface area contributed by atoms with E-state index in [-0.39, 0.29) is 11.6 Å². The van der Waals surface area contributed by atoms with Crippen LogP contribution in [0.4, 0.5) is 0 Å². The number of ether oxygens (including phenoxy) is 2. The van der Waals surface area contributed by atoms with E-state index in [1.165, 1.54) is 0 Å². The monoisotopic (exact) mass is 334 g/mol. The molecule has 1 aliphatic heterocycles. The average Bonchev–Trinajstić information content (AvgIpc) is 2.66. The van der Waals surface area contributed by atoms with Gasteiger partial charge in [-0.15, -0.1) is 0 Å². The molecule has 2 aromatic rings. The predicted molar refractivity (Wildman–Crippen MR) is 94.0 cm³/mol. The minimum absolute atomic E-state index is 0.0412. The molecule has 2 aromatic carbocycles. The Balaban J connectivity index is 1.76. The fourth-order valence-corrected chi connectivity index (χ4v) is 2.56. The van der Waals surface area contributed by atoms with Gasteiger partial charge in [0, 0.05) is 0 Å². The molecule has 0 saturated heterocycles. The Bertz CT molecular complexity index is 838. The maximum atomic E-state index is 12.4. The smallest absolute Gasteiger partial charge is 0.262 e. The zero-order chi connectivity index (χ0) is 17.6. The molecule has 0 bridgehead atoms. The van der Waals surface area contributed by atoms with Crippen molar-refractivity contribution in [2.75, 3.05) is 13.2 Å². The first kappa shape index (κ1) is 16.6. The second-order valence-corrected chi connectivity index (χ2v) is 5.68. The second kappa shape index (κ2) is 7.54. The van der Waals surface area contributed by atoms with E-state index in [0.29, 0.717) is 30.3 Å². The van der Waals surface area contributed by atoms with Crippen molar-refractivity contribution in [1.29, 1.82) is 5.26 Å². The Kier molecular flexibility index (Phi) is 5.00. The van der Waals surface area contributed by atoms with Crippen molar-refractivity contribution in [2.24, 2.45) is 0 Å². The SMILES string of the molecule is C[C@H](NC(=O)/C(C#N)=C/c1ccc2c(c1)OCCO2)c1ccccc1. The fraction of sp³-hybridized carbons (Fsp3) is 0.200. The molecular weight excluding hydrogens is 316 g/mol. The molecule has 0 radical (unpaired) electrons. The summed E-state index contributed by atoms with van der Waals surface area (Å²) in [6.07, 6.45) is 1.55. The number of hydrogen-bond acceptors (Lipinski definition) is 4. The van der Waals surface area contributed by atoms with Crippen molar-refractivity contribution in [2.45, 2.75) is 13.0 Å². The van der Waals surface area contributed by atoms with E-state index in [2.05, 4.69) is 5.32 Å². The van der Waals surface area contributed by atoms with E-state index in [4.69, 9.17) is 9.47 Å². The van der Waals surface area contributed by atoms with Gasteiger partial charge in [-0.05, 0) is 36.3 Å². The molecule has 0 fully saturated rings. The molecule has 5 heteroatoms. The summed E-state index contributed by atoms with van der Waals surface area (Å²) in [4.78, 5) is 12.4. The molecule has 0 spiro atoms. The number of nitriles is 1. The molecule has 0 unspecified atom stereocenters. The van der Waals surface area contributed by atoms with Crippen LogP contribution in [0.3, 0.4) is 0 Å². The molecule has 1 heterocycles. The Hall–Kier alpha value is -3.26. The number of benzene rings is 2. The quantitative estimate of drug-likeness (QED) is 0.688. The number of carbonyl (C=O) groups excluding carboxylic acids is 1. The highest BCUT2D eigenvalue weighted by Gasteiger charge is 2.15. The normalized spacial score (nSPS) is 14.3. The van der Waals surface area contributed by atoms with Crippen LogP contribution in [0.15, 0.2) is 54.1 Å². The number of carbonyl (C=O) groups is 1. The first-order chi connectivity index (χ1) is 12.2. The van der Waals surface area contributed by atoms with Crippen LogP contribution in [0.25, 0.3) is 6.08 Å². The average molecular weight is 334 g/mol. The third kappa shape index (κ3) is 3.99. The van der Waals surface area contributed by atoms with Crippen LogP contribution < -0.4 is 14.8 Å². The summed E-state index contributed by atoms with van der Waals surface area (Å²) in [6, 6.07) is 16.7. The Labute approximate surface area is 146 Å². The largest absolute Gasteiger partial charge is 0.486 e. The van der Waals surface area contributed by atoms with Gasteiger partial charge in [0.05, 0.1) is 6.04 Å². The van der Waals surface area contributed by atoms with Crippen LogP contribution in [0.1, 0.15) is 24.1 Å². The number of fused-ring (bicyclic) bond motifs is 1. The summed E-state index contributed by atoms with van der Waals surface area (Å²) in [5.74, 6) is 0.883. The van der Waals surface area contributed by atoms with Gasteiger partial charge in [-0.3, -0.25) is 4.79 Å². The molecule has 126 valence electrons. The number of nitrogens with one attached hydrogen (secondary N) is 1. The second-order valence-electron chi connectivity index (χ2n) is 5.68. The van der Waals surface area contributed by atoms with Gasteiger partial charge >= 0.3 is 0 Å². The maximum Gasteiger partial charge on any atom is 0.262 e. The molecule has 0 aromatic heterocycles. The minimum Gasteiger partial charge on any atom is -0.486 e. The molecule has 3 rings (SSSR count). The summed E-state index contributed by atoms with van der Waals surface area (Å²) in [5, 5.41) is 12.2. The van der Waals surface area contributed by atoms with Gasteiger partial charge in [0.15, 0.2) is 11.5 Å². The van der Waals surface area contributed by atoms with Crippen molar-refractivity contribution < 1.29 is 14.3 Å². The highest BCUT2D eigenvalue weighted by atomic mass is 16.6. The molecule has 25 heavy (non-hydrogen) atoms. The molecular formula is C20H18N2O3. The van der Waals surface area contributed by atoms with Gasteiger partial charge in [-0.1, -0.05) is 36.4 Å². The minimum atomic E-state index is -0.409. The Morgan fingerprint density at radius 3 is 2.60 bits per heavy atom. The maximum absolute atomic E-state index is 12.4. The number of amides is 1. The summed E-state index contributed by atoms with van der Waals surface area (Å²) < 4.78 is 11.0. The summed E-state index contributed by atoms with van der Waals surface area (Å²) in [5.41, 5.74) is 1.73. The lowest BCUT2D eigenvalue weighted by atomic mass is 10.1. The predicted octanol–water partition coefficient (Wildman–Crippen LogP) is 3.24. The van der Waals surface area contributed by atoms with Gasteiger partial charge in [0.1, 0.15) is 24.9 Å². The fourth-order valence-electron chi connectivity index (χ4n) is 2.56. The van der Waals surface area contributed by atoms with Gasteiger partial charge in [-0.2, -0.15) is 5.26 Å². The van der Waals surface area contributed by atoms with E-state index in [0.717, 1.165) is 5.56 Å². The van der Waals surface area contributed by atoms with E-state index >= 15 is 0 Å². The van der Waals surface area contributed by atoms with Crippen molar-refractivity contribution in [3.05, 3.63) is 65.2 Å². The lowest BCUT2D eigenvalue weighted by Gasteiger charge is -2.18. The number of rotatable bonds is 4. The summed E-state index contributed by atoms with van der Waals surface area (Å²) in [7, 11) is 0. The molecule has 1 N–H and O–H groups in total. The first-order valence-corrected chi connectivity index (χ1v) is 8.04. The van der Waals surface area contributed by atoms with Crippen molar-refractivity contribution in [1.82, 2.24) is 5.32 Å². The van der Waals surface area contributed by atoms with Gasteiger partial charge < -0.3 is 14.8 Å². The number of nitrogens with zero attached hydrogens (tertiary/aromatic N) is 1. The molecule has 1 atom stereocenters. The van der Waals surface area contributed by atoms with Crippen LogP contribution in [0.5, 0.6) is 11.5 Å². The van der Waals surface area contributed by atoms with Crippen LogP contribution >= 0.6 is 0 Å². The van der Waals surface area contributed by atoms with Crippen LogP contribution in [-0.4, -0.2) is 19.1 Å². The summed E-state index contributed by atoms with van der Waals surface area (Å²) >= 11 is 0. The van der Waals surface area contributed by atoms with E-state index in [1.807, 2.05) is 43.3 Å². The Morgan fingerprint density at radius 1 is 1.16 bits per heavy atom. The van der Waals surface area contributed by atoms with Crippen LogP contribution in [-0.2, 0) is 4.79 Å². The first-order valence-electron chi connectivity index (χ1n) is 8.04. The number of hydrogen-bond donors (Lipinski definition) is 1. The lowest BCUT2D eigenvalue weighted by molar-refractivity contribution is -0.117. The highest BCUT2D eigenvalue weighted by Crippen LogP contribution is 2.31. The van der Waals surface area contributed by atoms with Gasteiger partial charge in [0.2, 0.25) is 0 Å². The van der Waals surface area contributed by atoms with Crippen molar-refractivity contribution in [3.63, 3.8) is 0 Å². The third-order valence-corrected chi connectivity index (χ3v) is 3.89. The van der Waals surface area contributed by atoms with E-state index in [1.54, 1.807) is 24.3 Å². The molecule has 0 aliphatic carbocycles. The zero-order valence-electron chi connectivity index (χ0n) is 13.9. The standard InChI is InChI=1S/C20H18N2O3/c1-14(16-5-3-2-4-6-16)22-20(23)17(13-21)11-15-7-8-18-19(12-15)25-10-9-24-18/h2-8,11-12,14H,9-10H2,1H3,(H,22,23)/b17-11+/t14-/m0/s1. The van der Waals surface area contributed by atoms with Gasteiger partial charge in [0.25, 0.3) is 5.91 Å². The zero-order valence-corrected chi connectivity index (χ0v) is 13.9. The van der Waals surface area contributed by atoms with Crippen LogP contribution in [0.2, 0.25) is 0 Å². The molecule has 5 nitrogen and oxygen atoms in total. The van der Waals surface area contributed by atoms with Gasteiger partial charge in [-0.25, -0.2) is 0 Å². The molecule has 0 saturated carbocycles. The van der Waals surface area contributed by atoms with Crippen molar-refractivity contribution in [3.8, 4) is 17.6 Å². The van der Waals surface area contributed by atoms with E-state index in [9.17, 15) is 10.1 Å². The highest BCUT2D eigenvalue weighted by molar-refractivity contribution is 6.01. The lowest BCUT2D eigenvalue weighted by Crippen LogP contribution is -2.27. The summed E-state index contributed by atoms with van der Waals surface area (Å²) in [6.45, 7) is 2.89.